The van der Waals surface area contributed by atoms with Crippen molar-refractivity contribution in [2.75, 3.05) is 25.5 Å². The monoisotopic (exact) mass is 302 g/mol. The molecule has 0 amide bonds. The fourth-order valence-corrected chi connectivity index (χ4v) is 4.11. The van der Waals surface area contributed by atoms with Crippen molar-refractivity contribution in [1.82, 2.24) is 4.31 Å². The molecule has 20 heavy (non-hydrogen) atoms. The molecule has 0 aromatic heterocycles. The Hall–Kier alpha value is -1.18. The molecule has 1 saturated heterocycles. The average molecular weight is 302 g/mol. The van der Waals surface area contributed by atoms with Crippen molar-refractivity contribution in [3.05, 3.63) is 23.5 Å². The van der Waals surface area contributed by atoms with Gasteiger partial charge in [-0.3, -0.25) is 0 Å². The van der Waals surface area contributed by atoms with Gasteiger partial charge in [-0.15, -0.1) is 0 Å². The van der Waals surface area contributed by atoms with Gasteiger partial charge in [0.1, 0.15) is 10.7 Å². The van der Waals surface area contributed by atoms with E-state index in [1.54, 1.807) is 20.8 Å². The van der Waals surface area contributed by atoms with E-state index in [4.69, 9.17) is 10.5 Å². The number of rotatable bonds is 2. The van der Waals surface area contributed by atoms with Crippen LogP contribution >= 0.6 is 0 Å². The predicted octanol–water partition coefficient (Wildman–Crippen LogP) is 1.52. The minimum Gasteiger partial charge on any atom is -0.398 e. The van der Waals surface area contributed by atoms with Gasteiger partial charge < -0.3 is 10.5 Å². The van der Waals surface area contributed by atoms with Crippen LogP contribution in [0.1, 0.15) is 19.4 Å². The van der Waals surface area contributed by atoms with Crippen molar-refractivity contribution < 1.29 is 17.5 Å². The third-order valence-electron chi connectivity index (χ3n) is 3.46. The molecular weight excluding hydrogens is 283 g/mol. The van der Waals surface area contributed by atoms with E-state index in [-0.39, 0.29) is 23.7 Å². The molecule has 1 aliphatic heterocycles. The lowest BCUT2D eigenvalue weighted by molar-refractivity contribution is -0.00779. The lowest BCUT2D eigenvalue weighted by atomic mass is 10.1. The van der Waals surface area contributed by atoms with E-state index >= 15 is 0 Å². The first-order valence-electron chi connectivity index (χ1n) is 6.32. The van der Waals surface area contributed by atoms with Crippen LogP contribution in [0.4, 0.5) is 10.1 Å². The lowest BCUT2D eigenvalue weighted by Crippen LogP contribution is -2.55. The zero-order valence-electron chi connectivity index (χ0n) is 11.8. The number of nitrogens with zero attached hydrogens (tertiary/aromatic N) is 1. The normalized spacial score (nSPS) is 20.0. The molecule has 0 bridgehead atoms. The molecule has 2 N–H and O–H groups in total. The molecule has 2 rings (SSSR count). The van der Waals surface area contributed by atoms with Crippen molar-refractivity contribution in [1.29, 1.82) is 0 Å². The second-order valence-electron chi connectivity index (χ2n) is 5.58. The standard InChI is InChI=1S/C13H19FN2O3S/c1-9-6-10(14)12(7-11(9)15)20(17,18)16-4-5-19-8-13(16,2)3/h6-7H,4-5,8,15H2,1-3H3. The Morgan fingerprint density at radius 1 is 1.40 bits per heavy atom. The number of halogens is 1. The van der Waals surface area contributed by atoms with Gasteiger partial charge in [0.2, 0.25) is 10.0 Å². The number of nitrogens with two attached hydrogens (primary N) is 1. The van der Waals surface area contributed by atoms with Crippen molar-refractivity contribution in [3.8, 4) is 0 Å². The summed E-state index contributed by atoms with van der Waals surface area (Å²) in [6.45, 7) is 5.90. The number of benzene rings is 1. The SMILES string of the molecule is Cc1cc(F)c(S(=O)(=O)N2CCOCC2(C)C)cc1N. The molecular formula is C13H19FN2O3S. The summed E-state index contributed by atoms with van der Waals surface area (Å²) in [4.78, 5) is -0.379. The summed E-state index contributed by atoms with van der Waals surface area (Å²) in [6, 6.07) is 2.33. The van der Waals surface area contributed by atoms with Crippen LogP contribution in [0.25, 0.3) is 0 Å². The van der Waals surface area contributed by atoms with Crippen LogP contribution in [0.5, 0.6) is 0 Å². The maximum atomic E-state index is 14.0. The predicted molar refractivity (Wildman–Crippen MR) is 74.3 cm³/mol. The van der Waals surface area contributed by atoms with Crippen LogP contribution in [0.15, 0.2) is 17.0 Å². The lowest BCUT2D eigenvalue weighted by Gasteiger charge is -2.40. The van der Waals surface area contributed by atoms with Crippen LogP contribution in [-0.2, 0) is 14.8 Å². The molecule has 1 heterocycles. The number of hydrogen-bond donors (Lipinski definition) is 1. The van der Waals surface area contributed by atoms with E-state index < -0.39 is 21.4 Å². The van der Waals surface area contributed by atoms with Crippen molar-refractivity contribution in [3.63, 3.8) is 0 Å². The number of hydrogen-bond acceptors (Lipinski definition) is 4. The zero-order valence-corrected chi connectivity index (χ0v) is 12.6. The Kier molecular flexibility index (Phi) is 3.79. The topological polar surface area (TPSA) is 72.6 Å². The molecule has 112 valence electrons. The highest BCUT2D eigenvalue weighted by atomic mass is 32.2. The second kappa shape index (κ2) is 4.98. The Morgan fingerprint density at radius 2 is 2.05 bits per heavy atom. The largest absolute Gasteiger partial charge is 0.398 e. The fraction of sp³-hybridized carbons (Fsp3) is 0.538. The van der Waals surface area contributed by atoms with E-state index in [0.29, 0.717) is 12.2 Å². The molecule has 0 aliphatic carbocycles. The molecule has 0 unspecified atom stereocenters. The Morgan fingerprint density at radius 3 is 2.65 bits per heavy atom. The second-order valence-corrected chi connectivity index (χ2v) is 7.41. The first-order valence-corrected chi connectivity index (χ1v) is 7.76. The minimum absolute atomic E-state index is 0.197. The van der Waals surface area contributed by atoms with Crippen LogP contribution in [0.2, 0.25) is 0 Å². The van der Waals surface area contributed by atoms with Crippen molar-refractivity contribution >= 4 is 15.7 Å². The number of sulfonamides is 1. The summed E-state index contributed by atoms with van der Waals surface area (Å²) >= 11 is 0. The molecule has 5 nitrogen and oxygen atoms in total. The van der Waals surface area contributed by atoms with Gasteiger partial charge in [-0.25, -0.2) is 12.8 Å². The summed E-state index contributed by atoms with van der Waals surface area (Å²) in [7, 11) is -3.94. The van der Waals surface area contributed by atoms with Crippen LogP contribution < -0.4 is 5.73 Å². The van der Waals surface area contributed by atoms with Gasteiger partial charge in [-0.05, 0) is 38.5 Å². The maximum absolute atomic E-state index is 14.0. The molecule has 0 radical (unpaired) electrons. The summed E-state index contributed by atoms with van der Waals surface area (Å²) in [5.41, 5.74) is 5.77. The van der Waals surface area contributed by atoms with E-state index in [0.717, 1.165) is 6.07 Å². The molecule has 1 fully saturated rings. The highest BCUT2D eigenvalue weighted by Crippen LogP contribution is 2.30. The number of aryl methyl sites for hydroxylation is 1. The van der Waals surface area contributed by atoms with Gasteiger partial charge in [0.05, 0.1) is 18.8 Å². The van der Waals surface area contributed by atoms with Crippen molar-refractivity contribution in [2.24, 2.45) is 0 Å². The summed E-state index contributed by atoms with van der Waals surface area (Å²) in [6.07, 6.45) is 0. The van der Waals surface area contributed by atoms with E-state index in [1.165, 1.54) is 10.4 Å². The summed E-state index contributed by atoms with van der Waals surface area (Å²) in [5, 5.41) is 0. The first kappa shape index (κ1) is 15.2. The summed E-state index contributed by atoms with van der Waals surface area (Å²) < 4.78 is 45.9. The molecule has 1 aliphatic rings. The molecule has 0 spiro atoms. The van der Waals surface area contributed by atoms with Gasteiger partial charge >= 0.3 is 0 Å². The third-order valence-corrected chi connectivity index (χ3v) is 5.58. The number of nitrogen functional groups attached to an aromatic ring is 1. The van der Waals surface area contributed by atoms with Crippen LogP contribution in [-0.4, -0.2) is 38.0 Å². The van der Waals surface area contributed by atoms with Gasteiger partial charge in [-0.1, -0.05) is 0 Å². The molecule has 0 atom stereocenters. The Balaban J connectivity index is 2.53. The number of anilines is 1. The fourth-order valence-electron chi connectivity index (χ4n) is 2.27. The number of ether oxygens (including phenoxy) is 1. The number of morpholine rings is 1. The molecule has 7 heteroatoms. The van der Waals surface area contributed by atoms with Gasteiger partial charge in [0.15, 0.2) is 0 Å². The zero-order chi connectivity index (χ0) is 15.1. The average Bonchev–Trinajstić information content (AvgIpc) is 2.32. The maximum Gasteiger partial charge on any atom is 0.246 e. The van der Waals surface area contributed by atoms with Crippen LogP contribution in [0, 0.1) is 12.7 Å². The summed E-state index contributed by atoms with van der Waals surface area (Å²) in [5.74, 6) is -0.779. The van der Waals surface area contributed by atoms with E-state index in [2.05, 4.69) is 0 Å². The van der Waals surface area contributed by atoms with Crippen molar-refractivity contribution in [2.45, 2.75) is 31.2 Å². The highest BCUT2D eigenvalue weighted by Gasteiger charge is 2.40. The van der Waals surface area contributed by atoms with Gasteiger partial charge in [0, 0.05) is 12.2 Å². The molecule has 1 aromatic rings. The van der Waals surface area contributed by atoms with Gasteiger partial charge in [-0.2, -0.15) is 4.31 Å². The molecule has 1 aromatic carbocycles. The highest BCUT2D eigenvalue weighted by molar-refractivity contribution is 7.89. The van der Waals surface area contributed by atoms with Crippen LogP contribution in [0.3, 0.4) is 0 Å². The molecule has 0 saturated carbocycles. The minimum atomic E-state index is -3.94. The van der Waals surface area contributed by atoms with Gasteiger partial charge in [0.25, 0.3) is 0 Å². The Bertz CT molecular complexity index is 629. The Labute approximate surface area is 118 Å². The van der Waals surface area contributed by atoms with E-state index in [1.807, 2.05) is 0 Å². The quantitative estimate of drug-likeness (QED) is 0.841. The smallest absolute Gasteiger partial charge is 0.246 e. The first-order chi connectivity index (χ1) is 9.16. The van der Waals surface area contributed by atoms with E-state index in [9.17, 15) is 12.8 Å². The third kappa shape index (κ3) is 2.53.